The van der Waals surface area contributed by atoms with Crippen LogP contribution < -0.4 is 5.73 Å². The van der Waals surface area contributed by atoms with E-state index in [2.05, 4.69) is 32.1 Å². The molecule has 0 aromatic heterocycles. The first-order chi connectivity index (χ1) is 8.08. The molecular weight excluding hydrogens is 228 g/mol. The zero-order chi connectivity index (χ0) is 12.8. The molecule has 0 aliphatic heterocycles. The lowest BCUT2D eigenvalue weighted by Crippen LogP contribution is -2.44. The van der Waals surface area contributed by atoms with Gasteiger partial charge in [-0.25, -0.2) is 0 Å². The van der Waals surface area contributed by atoms with E-state index in [0.29, 0.717) is 18.0 Å². The summed E-state index contributed by atoms with van der Waals surface area (Å²) >= 11 is 1.93. The van der Waals surface area contributed by atoms with E-state index in [-0.39, 0.29) is 0 Å². The van der Waals surface area contributed by atoms with Crippen LogP contribution >= 0.6 is 11.8 Å². The smallest absolute Gasteiger partial charge is 0.0155 e. The Balaban J connectivity index is 2.42. The normalized spacial score (nSPS) is 31.8. The maximum Gasteiger partial charge on any atom is 0.0155 e. The molecule has 2 N–H and O–H groups in total. The van der Waals surface area contributed by atoms with Crippen LogP contribution in [0, 0.1) is 11.8 Å². The van der Waals surface area contributed by atoms with Gasteiger partial charge in [-0.15, -0.1) is 0 Å². The van der Waals surface area contributed by atoms with E-state index in [4.69, 9.17) is 5.73 Å². The quantitative estimate of drug-likeness (QED) is 0.794. The number of rotatable bonds is 6. The van der Waals surface area contributed by atoms with Crippen molar-refractivity contribution in [3.63, 3.8) is 0 Å². The van der Waals surface area contributed by atoms with Crippen LogP contribution in [0.15, 0.2) is 0 Å². The predicted octanol–water partition coefficient (Wildman–Crippen LogP) is 2.82. The molecule has 3 heteroatoms. The van der Waals surface area contributed by atoms with Gasteiger partial charge in [-0.1, -0.05) is 13.3 Å². The van der Waals surface area contributed by atoms with Crippen molar-refractivity contribution in [2.24, 2.45) is 17.6 Å². The van der Waals surface area contributed by atoms with E-state index < -0.39 is 0 Å². The largest absolute Gasteiger partial charge is 0.327 e. The van der Waals surface area contributed by atoms with Gasteiger partial charge in [0.25, 0.3) is 0 Å². The standard InChI is InChI=1S/C14H30N2S/c1-5-12-6-7-14(15)13(8-12)9-16(3)11(2)10-17-4/h11-14H,5-10,15H2,1-4H3. The SMILES string of the molecule is CCC1CCC(N)C(CN(C)C(C)CSC)C1. The van der Waals surface area contributed by atoms with Crippen LogP contribution in [-0.4, -0.2) is 42.6 Å². The van der Waals surface area contributed by atoms with Gasteiger partial charge in [0.05, 0.1) is 0 Å². The summed E-state index contributed by atoms with van der Waals surface area (Å²) in [5, 5.41) is 0. The Kier molecular flexibility index (Phi) is 6.90. The molecule has 4 unspecified atom stereocenters. The third-order valence-electron chi connectivity index (χ3n) is 4.41. The summed E-state index contributed by atoms with van der Waals surface area (Å²) in [5.74, 6) is 2.85. The second-order valence-corrected chi connectivity index (χ2v) is 6.67. The molecule has 1 saturated carbocycles. The van der Waals surface area contributed by atoms with Crippen molar-refractivity contribution in [2.75, 3.05) is 25.6 Å². The van der Waals surface area contributed by atoms with Gasteiger partial charge in [-0.05, 0) is 51.3 Å². The van der Waals surface area contributed by atoms with Crippen LogP contribution in [0.2, 0.25) is 0 Å². The fourth-order valence-corrected chi connectivity index (χ4v) is 3.62. The molecule has 1 fully saturated rings. The first-order valence-electron chi connectivity index (χ1n) is 7.03. The minimum absolute atomic E-state index is 0.432. The lowest BCUT2D eigenvalue weighted by atomic mass is 9.77. The second-order valence-electron chi connectivity index (χ2n) is 5.76. The highest BCUT2D eigenvalue weighted by Gasteiger charge is 2.28. The minimum Gasteiger partial charge on any atom is -0.327 e. The highest BCUT2D eigenvalue weighted by Crippen LogP contribution is 2.31. The van der Waals surface area contributed by atoms with Crippen molar-refractivity contribution in [1.29, 1.82) is 0 Å². The van der Waals surface area contributed by atoms with Crippen molar-refractivity contribution < 1.29 is 0 Å². The van der Waals surface area contributed by atoms with E-state index in [1.54, 1.807) is 0 Å². The van der Waals surface area contributed by atoms with E-state index >= 15 is 0 Å². The zero-order valence-electron chi connectivity index (χ0n) is 12.0. The predicted molar refractivity (Wildman–Crippen MR) is 79.6 cm³/mol. The van der Waals surface area contributed by atoms with Gasteiger partial charge in [-0.2, -0.15) is 11.8 Å². The molecule has 0 aromatic carbocycles. The van der Waals surface area contributed by atoms with Crippen molar-refractivity contribution in [3.05, 3.63) is 0 Å². The Hall–Kier alpha value is 0.270. The molecule has 1 aliphatic rings. The molecule has 102 valence electrons. The summed E-state index contributed by atoms with van der Waals surface area (Å²) < 4.78 is 0. The first kappa shape index (κ1) is 15.3. The molecule has 4 atom stereocenters. The third-order valence-corrected chi connectivity index (χ3v) is 5.23. The molecule has 0 amide bonds. The van der Waals surface area contributed by atoms with Crippen LogP contribution in [0.4, 0.5) is 0 Å². The van der Waals surface area contributed by atoms with E-state index in [1.807, 2.05) is 11.8 Å². The Labute approximate surface area is 112 Å². The molecule has 0 bridgehead atoms. The fourth-order valence-electron chi connectivity index (χ4n) is 2.88. The number of thioether (sulfide) groups is 1. The molecule has 1 rings (SSSR count). The summed E-state index contributed by atoms with van der Waals surface area (Å²) in [7, 11) is 2.25. The number of nitrogens with zero attached hydrogens (tertiary/aromatic N) is 1. The Morgan fingerprint density at radius 2 is 2.12 bits per heavy atom. The first-order valence-corrected chi connectivity index (χ1v) is 8.42. The maximum absolute atomic E-state index is 6.29. The lowest BCUT2D eigenvalue weighted by Gasteiger charge is -2.37. The summed E-state index contributed by atoms with van der Waals surface area (Å²) in [6.07, 6.45) is 7.43. The van der Waals surface area contributed by atoms with E-state index in [0.717, 1.165) is 5.92 Å². The summed E-state index contributed by atoms with van der Waals surface area (Å²) in [6, 6.07) is 1.10. The summed E-state index contributed by atoms with van der Waals surface area (Å²) in [4.78, 5) is 2.50. The van der Waals surface area contributed by atoms with Crippen LogP contribution in [0.1, 0.15) is 39.5 Å². The monoisotopic (exact) mass is 258 g/mol. The van der Waals surface area contributed by atoms with Crippen LogP contribution in [0.25, 0.3) is 0 Å². The van der Waals surface area contributed by atoms with E-state index in [1.165, 1.54) is 38.0 Å². The van der Waals surface area contributed by atoms with Gasteiger partial charge in [0, 0.05) is 24.4 Å². The molecule has 0 radical (unpaired) electrons. The average molecular weight is 258 g/mol. The molecule has 0 aromatic rings. The average Bonchev–Trinajstić information content (AvgIpc) is 2.32. The summed E-state index contributed by atoms with van der Waals surface area (Å²) in [5.41, 5.74) is 6.29. The fraction of sp³-hybridized carbons (Fsp3) is 1.00. The summed E-state index contributed by atoms with van der Waals surface area (Å²) in [6.45, 7) is 5.82. The Morgan fingerprint density at radius 3 is 2.71 bits per heavy atom. The molecule has 0 saturated heterocycles. The van der Waals surface area contributed by atoms with Crippen molar-refractivity contribution in [2.45, 2.75) is 51.6 Å². The van der Waals surface area contributed by atoms with Gasteiger partial charge in [0.15, 0.2) is 0 Å². The van der Waals surface area contributed by atoms with Gasteiger partial charge in [-0.3, -0.25) is 0 Å². The van der Waals surface area contributed by atoms with Crippen LogP contribution in [0.3, 0.4) is 0 Å². The molecule has 17 heavy (non-hydrogen) atoms. The number of hydrogen-bond donors (Lipinski definition) is 1. The van der Waals surface area contributed by atoms with Crippen molar-refractivity contribution >= 4 is 11.8 Å². The lowest BCUT2D eigenvalue weighted by molar-refractivity contribution is 0.154. The van der Waals surface area contributed by atoms with Gasteiger partial charge < -0.3 is 10.6 Å². The topological polar surface area (TPSA) is 29.3 Å². The second kappa shape index (κ2) is 7.65. The highest BCUT2D eigenvalue weighted by atomic mass is 32.2. The molecule has 0 spiro atoms. The third kappa shape index (κ3) is 4.80. The van der Waals surface area contributed by atoms with Crippen molar-refractivity contribution in [3.8, 4) is 0 Å². The van der Waals surface area contributed by atoms with E-state index in [9.17, 15) is 0 Å². The van der Waals surface area contributed by atoms with Gasteiger partial charge in [0.2, 0.25) is 0 Å². The highest BCUT2D eigenvalue weighted by molar-refractivity contribution is 7.98. The number of hydrogen-bond acceptors (Lipinski definition) is 3. The van der Waals surface area contributed by atoms with Crippen LogP contribution in [0.5, 0.6) is 0 Å². The number of nitrogens with two attached hydrogens (primary N) is 1. The molecule has 2 nitrogen and oxygen atoms in total. The van der Waals surface area contributed by atoms with Gasteiger partial charge >= 0.3 is 0 Å². The molecular formula is C14H30N2S. The Morgan fingerprint density at radius 1 is 1.41 bits per heavy atom. The molecule has 1 aliphatic carbocycles. The minimum atomic E-state index is 0.432. The maximum atomic E-state index is 6.29. The van der Waals surface area contributed by atoms with Crippen molar-refractivity contribution in [1.82, 2.24) is 4.90 Å². The van der Waals surface area contributed by atoms with Gasteiger partial charge in [0.1, 0.15) is 0 Å². The van der Waals surface area contributed by atoms with Crippen LogP contribution in [-0.2, 0) is 0 Å². The molecule has 0 heterocycles. The Bertz CT molecular complexity index is 210. The zero-order valence-corrected chi connectivity index (χ0v) is 12.8.